The zero-order chi connectivity index (χ0) is 19.3. The van der Waals surface area contributed by atoms with Crippen molar-refractivity contribution in [3.63, 3.8) is 0 Å². The van der Waals surface area contributed by atoms with Gasteiger partial charge in [-0.3, -0.25) is 4.79 Å². The SMILES string of the molecule is CCCc1ccc(S(=O)(=O)N(C)[C@H](C(=O)NC)c2ccc(Cl)cc2)cc1. The molecule has 1 amide bonds. The molecule has 5 nitrogen and oxygen atoms in total. The van der Waals surface area contributed by atoms with Gasteiger partial charge in [-0.1, -0.05) is 49.2 Å². The van der Waals surface area contributed by atoms with E-state index < -0.39 is 22.0 Å². The second-order valence-electron chi connectivity index (χ2n) is 5.98. The first-order valence-corrected chi connectivity index (χ1v) is 10.2. The minimum Gasteiger partial charge on any atom is -0.357 e. The molecule has 2 aromatic carbocycles. The zero-order valence-corrected chi connectivity index (χ0v) is 16.6. The molecular formula is C19H23ClN2O3S. The average Bonchev–Trinajstić information content (AvgIpc) is 2.64. The maximum Gasteiger partial charge on any atom is 0.243 e. The normalized spacial score (nSPS) is 12.8. The topological polar surface area (TPSA) is 66.5 Å². The lowest BCUT2D eigenvalue weighted by Gasteiger charge is -2.26. The Kier molecular flexibility index (Phi) is 6.81. The van der Waals surface area contributed by atoms with Crippen LogP contribution < -0.4 is 5.32 Å². The van der Waals surface area contributed by atoms with Crippen LogP contribution in [0.1, 0.15) is 30.5 Å². The predicted octanol–water partition coefficient (Wildman–Crippen LogP) is 3.40. The summed E-state index contributed by atoms with van der Waals surface area (Å²) in [6.45, 7) is 2.07. The minimum absolute atomic E-state index is 0.155. The molecule has 0 saturated heterocycles. The van der Waals surface area contributed by atoms with Gasteiger partial charge in [0.15, 0.2) is 0 Å². The van der Waals surface area contributed by atoms with Crippen molar-refractivity contribution in [3.8, 4) is 0 Å². The van der Waals surface area contributed by atoms with Gasteiger partial charge >= 0.3 is 0 Å². The lowest BCUT2D eigenvalue weighted by atomic mass is 10.1. The van der Waals surface area contributed by atoms with Crippen molar-refractivity contribution in [1.82, 2.24) is 9.62 Å². The molecule has 0 aliphatic heterocycles. The summed E-state index contributed by atoms with van der Waals surface area (Å²) in [5.74, 6) is -0.416. The fourth-order valence-electron chi connectivity index (χ4n) is 2.73. The number of hydrogen-bond donors (Lipinski definition) is 1. The van der Waals surface area contributed by atoms with E-state index in [2.05, 4.69) is 12.2 Å². The van der Waals surface area contributed by atoms with Crippen molar-refractivity contribution in [1.29, 1.82) is 0 Å². The van der Waals surface area contributed by atoms with Crippen molar-refractivity contribution in [2.24, 2.45) is 0 Å². The third-order valence-corrected chi connectivity index (χ3v) is 6.27. The van der Waals surface area contributed by atoms with E-state index in [9.17, 15) is 13.2 Å². The van der Waals surface area contributed by atoms with E-state index in [-0.39, 0.29) is 4.90 Å². The van der Waals surface area contributed by atoms with Gasteiger partial charge in [0.1, 0.15) is 6.04 Å². The van der Waals surface area contributed by atoms with Crippen LogP contribution in [0.15, 0.2) is 53.4 Å². The maximum absolute atomic E-state index is 13.0. The quantitative estimate of drug-likeness (QED) is 0.782. The molecule has 7 heteroatoms. The lowest BCUT2D eigenvalue weighted by Crippen LogP contribution is -2.40. The Morgan fingerprint density at radius 2 is 1.69 bits per heavy atom. The van der Waals surface area contributed by atoms with Gasteiger partial charge in [0.25, 0.3) is 0 Å². The highest BCUT2D eigenvalue weighted by atomic mass is 35.5. The third-order valence-electron chi connectivity index (χ3n) is 4.18. The molecule has 26 heavy (non-hydrogen) atoms. The first kappa shape index (κ1) is 20.4. The Labute approximate surface area is 160 Å². The molecule has 2 rings (SSSR count). The van der Waals surface area contributed by atoms with Crippen LogP contribution in [-0.2, 0) is 21.2 Å². The number of nitrogens with one attached hydrogen (secondary N) is 1. The van der Waals surface area contributed by atoms with Gasteiger partial charge in [-0.05, 0) is 41.8 Å². The summed E-state index contributed by atoms with van der Waals surface area (Å²) < 4.78 is 27.1. The van der Waals surface area contributed by atoms with E-state index in [0.29, 0.717) is 10.6 Å². The van der Waals surface area contributed by atoms with Crippen molar-refractivity contribution < 1.29 is 13.2 Å². The van der Waals surface area contributed by atoms with Crippen LogP contribution in [0, 0.1) is 0 Å². The van der Waals surface area contributed by atoms with Crippen molar-refractivity contribution in [2.45, 2.75) is 30.7 Å². The van der Waals surface area contributed by atoms with Crippen LogP contribution in [0.3, 0.4) is 0 Å². The molecule has 0 aromatic heterocycles. The molecule has 0 radical (unpaired) electrons. The number of rotatable bonds is 7. The molecule has 0 aliphatic rings. The van der Waals surface area contributed by atoms with Crippen LogP contribution in [-0.4, -0.2) is 32.7 Å². The summed E-state index contributed by atoms with van der Waals surface area (Å²) in [5.41, 5.74) is 1.62. The van der Waals surface area contributed by atoms with Crippen molar-refractivity contribution >= 4 is 27.5 Å². The molecule has 1 atom stereocenters. The summed E-state index contributed by atoms with van der Waals surface area (Å²) in [6.07, 6.45) is 1.88. The fourth-order valence-corrected chi connectivity index (χ4v) is 4.16. The van der Waals surface area contributed by atoms with Gasteiger partial charge in [-0.2, -0.15) is 4.31 Å². The van der Waals surface area contributed by atoms with Crippen LogP contribution in [0.4, 0.5) is 0 Å². The Hall–Kier alpha value is -1.89. The fraction of sp³-hybridized carbons (Fsp3) is 0.316. The molecule has 0 heterocycles. The highest BCUT2D eigenvalue weighted by molar-refractivity contribution is 7.89. The molecular weight excluding hydrogens is 372 g/mol. The molecule has 2 aromatic rings. The van der Waals surface area contributed by atoms with Gasteiger partial charge < -0.3 is 5.32 Å². The van der Waals surface area contributed by atoms with E-state index in [1.54, 1.807) is 48.5 Å². The Morgan fingerprint density at radius 3 is 2.19 bits per heavy atom. The number of benzene rings is 2. The van der Waals surface area contributed by atoms with Crippen molar-refractivity contribution in [2.75, 3.05) is 14.1 Å². The number of sulfonamides is 1. The van der Waals surface area contributed by atoms with Crippen molar-refractivity contribution in [3.05, 3.63) is 64.7 Å². The van der Waals surface area contributed by atoms with Gasteiger partial charge in [0.05, 0.1) is 4.90 Å². The number of carbonyl (C=O) groups is 1. The summed E-state index contributed by atoms with van der Waals surface area (Å²) >= 11 is 5.90. The second kappa shape index (κ2) is 8.66. The number of likely N-dealkylation sites (N-methyl/N-ethyl adjacent to an activating group) is 2. The predicted molar refractivity (Wildman–Crippen MR) is 104 cm³/mol. The minimum atomic E-state index is -3.84. The van der Waals surface area contributed by atoms with Gasteiger partial charge in [-0.15, -0.1) is 0 Å². The first-order valence-electron chi connectivity index (χ1n) is 8.35. The van der Waals surface area contributed by atoms with Crippen LogP contribution in [0.25, 0.3) is 0 Å². The molecule has 0 bridgehead atoms. The lowest BCUT2D eigenvalue weighted by molar-refractivity contribution is -0.124. The smallest absolute Gasteiger partial charge is 0.243 e. The van der Waals surface area contributed by atoms with E-state index in [1.807, 2.05) is 0 Å². The molecule has 0 spiro atoms. The van der Waals surface area contributed by atoms with Crippen LogP contribution >= 0.6 is 11.6 Å². The summed E-state index contributed by atoms with van der Waals surface area (Å²) in [5, 5.41) is 3.05. The van der Waals surface area contributed by atoms with Gasteiger partial charge in [-0.25, -0.2) is 8.42 Å². The van der Waals surface area contributed by atoms with Crippen LogP contribution in [0.2, 0.25) is 5.02 Å². The van der Waals surface area contributed by atoms with E-state index in [4.69, 9.17) is 11.6 Å². The summed E-state index contributed by atoms with van der Waals surface area (Å²) in [4.78, 5) is 12.6. The number of nitrogens with zero attached hydrogens (tertiary/aromatic N) is 1. The zero-order valence-electron chi connectivity index (χ0n) is 15.1. The number of aryl methyl sites for hydroxylation is 1. The molecule has 1 N–H and O–H groups in total. The first-order chi connectivity index (χ1) is 12.3. The number of hydrogen-bond acceptors (Lipinski definition) is 3. The molecule has 0 unspecified atom stereocenters. The molecule has 0 aliphatic carbocycles. The van der Waals surface area contributed by atoms with Gasteiger partial charge in [0, 0.05) is 19.1 Å². The maximum atomic E-state index is 13.0. The number of carbonyl (C=O) groups excluding carboxylic acids is 1. The highest BCUT2D eigenvalue weighted by Gasteiger charge is 2.33. The largest absolute Gasteiger partial charge is 0.357 e. The molecule has 140 valence electrons. The monoisotopic (exact) mass is 394 g/mol. The summed E-state index contributed by atoms with van der Waals surface area (Å²) in [7, 11) is -0.960. The summed E-state index contributed by atoms with van der Waals surface area (Å²) in [6, 6.07) is 12.4. The van der Waals surface area contributed by atoms with E-state index >= 15 is 0 Å². The standard InChI is InChI=1S/C19H23ClN2O3S/c1-4-5-14-6-12-17(13-7-14)26(24,25)22(3)18(19(23)21-2)15-8-10-16(20)11-9-15/h6-13,18H,4-5H2,1-3H3,(H,21,23)/t18-/m0/s1. The molecule has 0 fully saturated rings. The Morgan fingerprint density at radius 1 is 1.12 bits per heavy atom. The second-order valence-corrected chi connectivity index (χ2v) is 8.42. The average molecular weight is 395 g/mol. The number of amides is 1. The van der Waals surface area contributed by atoms with Gasteiger partial charge in [0.2, 0.25) is 15.9 Å². The Bertz CT molecular complexity index is 849. The third kappa shape index (κ3) is 4.44. The van der Waals surface area contributed by atoms with Crippen LogP contribution in [0.5, 0.6) is 0 Å². The Balaban J connectivity index is 2.41. The van der Waals surface area contributed by atoms with E-state index in [0.717, 1.165) is 22.7 Å². The number of halogens is 1. The van der Waals surface area contributed by atoms with E-state index in [1.165, 1.54) is 14.1 Å². The highest BCUT2D eigenvalue weighted by Crippen LogP contribution is 2.27. The molecule has 0 saturated carbocycles.